The summed E-state index contributed by atoms with van der Waals surface area (Å²) in [6.45, 7) is 3.70. The number of hydrogen-bond acceptors (Lipinski definition) is 3. The Labute approximate surface area is 145 Å². The van der Waals surface area contributed by atoms with Crippen molar-refractivity contribution in [2.75, 3.05) is 13.1 Å². The van der Waals surface area contributed by atoms with Gasteiger partial charge in [0.2, 0.25) is 0 Å². The lowest BCUT2D eigenvalue weighted by atomic mass is 9.98. The maximum atomic E-state index is 13.1. The van der Waals surface area contributed by atoms with Gasteiger partial charge in [0.1, 0.15) is 0 Å². The highest BCUT2D eigenvalue weighted by atomic mass is 32.1. The van der Waals surface area contributed by atoms with Gasteiger partial charge in [-0.2, -0.15) is 0 Å². The van der Waals surface area contributed by atoms with E-state index >= 15 is 0 Å². The normalized spacial score (nSPS) is 18.2. The summed E-state index contributed by atoms with van der Waals surface area (Å²) in [6, 6.07) is 8.10. The Bertz CT molecular complexity index is 895. The fraction of sp³-hybridized carbons (Fsp3) is 0.368. The van der Waals surface area contributed by atoms with Crippen molar-refractivity contribution < 1.29 is 4.79 Å². The number of carbonyl (C=O) groups excluding carboxylic acids is 1. The Morgan fingerprint density at radius 2 is 2.17 bits per heavy atom. The molecule has 3 aromatic rings. The van der Waals surface area contributed by atoms with Crippen LogP contribution in [0.5, 0.6) is 0 Å². The van der Waals surface area contributed by atoms with Crippen molar-refractivity contribution in [2.24, 2.45) is 7.05 Å². The third-order valence-corrected chi connectivity index (χ3v) is 5.90. The SMILES string of the molecule is Cc1cnc([C@H]2CCCN(C(=O)c3cn(C)c4ccccc34)C2)s1. The van der Waals surface area contributed by atoms with Gasteiger partial charge in [0.15, 0.2) is 0 Å². The Morgan fingerprint density at radius 3 is 2.96 bits per heavy atom. The Hall–Kier alpha value is -2.14. The molecule has 1 aliphatic heterocycles. The summed E-state index contributed by atoms with van der Waals surface area (Å²) in [7, 11) is 2.00. The summed E-state index contributed by atoms with van der Waals surface area (Å²) in [6.07, 6.45) is 6.06. The average Bonchev–Trinajstić information content (AvgIpc) is 3.19. The van der Waals surface area contributed by atoms with E-state index < -0.39 is 0 Å². The van der Waals surface area contributed by atoms with Gasteiger partial charge in [0.25, 0.3) is 5.91 Å². The molecule has 1 saturated heterocycles. The van der Waals surface area contributed by atoms with Crippen LogP contribution in [-0.4, -0.2) is 33.4 Å². The summed E-state index contributed by atoms with van der Waals surface area (Å²) in [4.78, 5) is 20.9. The Balaban J connectivity index is 1.61. The van der Waals surface area contributed by atoms with Gasteiger partial charge in [0, 0.05) is 54.2 Å². The molecule has 1 aliphatic rings. The third kappa shape index (κ3) is 2.63. The number of amides is 1. The van der Waals surface area contributed by atoms with E-state index in [1.165, 1.54) is 9.88 Å². The number of carbonyl (C=O) groups is 1. The van der Waals surface area contributed by atoms with Crippen molar-refractivity contribution in [3.8, 4) is 0 Å². The second-order valence-corrected chi connectivity index (χ2v) is 7.84. The van der Waals surface area contributed by atoms with Crippen LogP contribution in [0.4, 0.5) is 0 Å². The monoisotopic (exact) mass is 339 g/mol. The smallest absolute Gasteiger partial charge is 0.256 e. The largest absolute Gasteiger partial charge is 0.350 e. The van der Waals surface area contributed by atoms with Crippen LogP contribution in [-0.2, 0) is 7.05 Å². The summed E-state index contributed by atoms with van der Waals surface area (Å²) < 4.78 is 2.04. The van der Waals surface area contributed by atoms with Gasteiger partial charge in [-0.1, -0.05) is 18.2 Å². The molecule has 0 unspecified atom stereocenters. The lowest BCUT2D eigenvalue weighted by Gasteiger charge is -2.31. The van der Waals surface area contributed by atoms with Gasteiger partial charge in [0.05, 0.1) is 10.6 Å². The number of fused-ring (bicyclic) bond motifs is 1. The van der Waals surface area contributed by atoms with Crippen molar-refractivity contribution >= 4 is 28.1 Å². The first-order valence-electron chi connectivity index (χ1n) is 8.39. The van der Waals surface area contributed by atoms with Crippen LogP contribution in [0.2, 0.25) is 0 Å². The number of piperidine rings is 1. The van der Waals surface area contributed by atoms with E-state index in [9.17, 15) is 4.79 Å². The lowest BCUT2D eigenvalue weighted by Crippen LogP contribution is -2.39. The molecule has 0 aliphatic carbocycles. The average molecular weight is 339 g/mol. The maximum Gasteiger partial charge on any atom is 0.256 e. The molecule has 0 bridgehead atoms. The van der Waals surface area contributed by atoms with Crippen LogP contribution in [0.25, 0.3) is 10.9 Å². The fourth-order valence-electron chi connectivity index (χ4n) is 3.61. The van der Waals surface area contributed by atoms with Crippen LogP contribution < -0.4 is 0 Å². The summed E-state index contributed by atoms with van der Waals surface area (Å²) in [5.41, 5.74) is 1.91. The number of rotatable bonds is 2. The minimum Gasteiger partial charge on any atom is -0.350 e. The third-order valence-electron chi connectivity index (χ3n) is 4.82. The number of hydrogen-bond donors (Lipinski definition) is 0. The highest BCUT2D eigenvalue weighted by molar-refractivity contribution is 7.11. The Morgan fingerprint density at radius 1 is 1.33 bits per heavy atom. The van der Waals surface area contributed by atoms with Crippen molar-refractivity contribution in [1.29, 1.82) is 0 Å². The summed E-state index contributed by atoms with van der Waals surface area (Å²) >= 11 is 1.76. The molecule has 0 spiro atoms. The predicted molar refractivity (Wildman–Crippen MR) is 97.6 cm³/mol. The minimum atomic E-state index is 0.143. The zero-order chi connectivity index (χ0) is 16.7. The second-order valence-electron chi connectivity index (χ2n) is 6.57. The summed E-state index contributed by atoms with van der Waals surface area (Å²) in [5.74, 6) is 0.515. The zero-order valence-corrected chi connectivity index (χ0v) is 14.8. The van der Waals surface area contributed by atoms with Gasteiger partial charge >= 0.3 is 0 Å². The number of aromatic nitrogens is 2. The van der Waals surface area contributed by atoms with E-state index in [4.69, 9.17) is 0 Å². The minimum absolute atomic E-state index is 0.143. The van der Waals surface area contributed by atoms with Crippen LogP contribution in [0, 0.1) is 6.92 Å². The van der Waals surface area contributed by atoms with Crippen molar-refractivity contribution in [3.05, 3.63) is 52.1 Å². The zero-order valence-electron chi connectivity index (χ0n) is 14.0. The van der Waals surface area contributed by atoms with E-state index in [1.807, 2.05) is 47.1 Å². The number of benzene rings is 1. The van der Waals surface area contributed by atoms with Crippen molar-refractivity contribution in [2.45, 2.75) is 25.7 Å². The first-order chi connectivity index (χ1) is 11.6. The van der Waals surface area contributed by atoms with Crippen LogP contribution >= 0.6 is 11.3 Å². The van der Waals surface area contributed by atoms with Crippen molar-refractivity contribution in [1.82, 2.24) is 14.5 Å². The predicted octanol–water partition coefficient (Wildman–Crippen LogP) is 3.96. The summed E-state index contributed by atoms with van der Waals surface area (Å²) in [5, 5.41) is 2.21. The number of aryl methyl sites for hydroxylation is 2. The molecule has 4 nitrogen and oxygen atoms in total. The second kappa shape index (κ2) is 6.06. The molecule has 0 N–H and O–H groups in total. The molecule has 5 heteroatoms. The van der Waals surface area contributed by atoms with E-state index in [-0.39, 0.29) is 5.91 Å². The molecule has 0 radical (unpaired) electrons. The molecule has 0 saturated carbocycles. The van der Waals surface area contributed by atoms with Gasteiger partial charge < -0.3 is 9.47 Å². The number of likely N-dealkylation sites (tertiary alicyclic amines) is 1. The van der Waals surface area contributed by atoms with Crippen LogP contribution in [0.15, 0.2) is 36.7 Å². The molecule has 4 rings (SSSR count). The lowest BCUT2D eigenvalue weighted by molar-refractivity contribution is 0.0709. The number of para-hydroxylation sites is 1. The number of nitrogens with zero attached hydrogens (tertiary/aromatic N) is 3. The first-order valence-corrected chi connectivity index (χ1v) is 9.21. The number of thiazole rings is 1. The fourth-order valence-corrected chi connectivity index (χ4v) is 4.51. The maximum absolute atomic E-state index is 13.1. The molecule has 3 heterocycles. The van der Waals surface area contributed by atoms with E-state index in [0.29, 0.717) is 5.92 Å². The van der Waals surface area contributed by atoms with E-state index in [0.717, 1.165) is 42.4 Å². The van der Waals surface area contributed by atoms with Crippen LogP contribution in [0.1, 0.15) is 39.0 Å². The molecule has 24 heavy (non-hydrogen) atoms. The molecule has 2 aromatic heterocycles. The molecular weight excluding hydrogens is 318 g/mol. The van der Waals surface area contributed by atoms with Crippen molar-refractivity contribution in [3.63, 3.8) is 0 Å². The Kier molecular flexibility index (Phi) is 3.88. The molecule has 1 atom stereocenters. The van der Waals surface area contributed by atoms with E-state index in [1.54, 1.807) is 11.3 Å². The molecular formula is C19H21N3OS. The molecule has 124 valence electrons. The highest BCUT2D eigenvalue weighted by Crippen LogP contribution is 2.31. The molecule has 1 fully saturated rings. The van der Waals surface area contributed by atoms with Gasteiger partial charge in [-0.3, -0.25) is 4.79 Å². The molecule has 1 aromatic carbocycles. The van der Waals surface area contributed by atoms with Gasteiger partial charge in [-0.25, -0.2) is 4.98 Å². The van der Waals surface area contributed by atoms with Crippen LogP contribution in [0.3, 0.4) is 0 Å². The highest BCUT2D eigenvalue weighted by Gasteiger charge is 2.28. The van der Waals surface area contributed by atoms with Gasteiger partial charge in [-0.15, -0.1) is 11.3 Å². The van der Waals surface area contributed by atoms with Gasteiger partial charge in [-0.05, 0) is 25.8 Å². The van der Waals surface area contributed by atoms with E-state index in [2.05, 4.69) is 18.0 Å². The first kappa shape index (κ1) is 15.4. The topological polar surface area (TPSA) is 38.1 Å². The quantitative estimate of drug-likeness (QED) is 0.709. The standard InChI is InChI=1S/C19H21N3OS/c1-13-10-20-18(24-13)14-6-5-9-22(11-14)19(23)16-12-21(2)17-8-4-3-7-15(16)17/h3-4,7-8,10,12,14H,5-6,9,11H2,1-2H3/t14-/m0/s1. The molecule has 1 amide bonds.